The van der Waals surface area contributed by atoms with Crippen LogP contribution in [0.25, 0.3) is 0 Å². The smallest absolute Gasteiger partial charge is 0.225 e. The number of aryl methyl sites for hydroxylation is 2. The molecular formula is C14H24N4. The van der Waals surface area contributed by atoms with Crippen LogP contribution in [0.2, 0.25) is 0 Å². The molecule has 0 saturated carbocycles. The Labute approximate surface area is 110 Å². The van der Waals surface area contributed by atoms with Gasteiger partial charge in [0.15, 0.2) is 0 Å². The highest BCUT2D eigenvalue weighted by atomic mass is 15.3. The Balaban J connectivity index is 2.06. The standard InChI is InChI=1S/C14H24N4/c1-4-18(10-13-7-5-6-8-15-13)14-16-11(2)9-12(3)17-14/h9,13,15H,4-8,10H2,1-3H3. The molecule has 0 amide bonds. The monoisotopic (exact) mass is 248 g/mol. The van der Waals surface area contributed by atoms with Crippen molar-refractivity contribution >= 4 is 5.95 Å². The SMILES string of the molecule is CCN(CC1CCCCN1)c1nc(C)cc(C)n1. The highest BCUT2D eigenvalue weighted by Gasteiger charge is 2.17. The van der Waals surface area contributed by atoms with E-state index < -0.39 is 0 Å². The summed E-state index contributed by atoms with van der Waals surface area (Å²) in [6.45, 7) is 9.36. The van der Waals surface area contributed by atoms with Crippen molar-refractivity contribution in [3.63, 3.8) is 0 Å². The van der Waals surface area contributed by atoms with Gasteiger partial charge in [-0.2, -0.15) is 0 Å². The third kappa shape index (κ3) is 3.42. The average Bonchev–Trinajstić information content (AvgIpc) is 2.36. The Kier molecular flexibility index (Phi) is 4.53. The first-order valence-corrected chi connectivity index (χ1v) is 6.99. The van der Waals surface area contributed by atoms with Crippen molar-refractivity contribution in [2.45, 2.75) is 46.1 Å². The number of anilines is 1. The third-order valence-corrected chi connectivity index (χ3v) is 3.49. The van der Waals surface area contributed by atoms with E-state index in [-0.39, 0.29) is 0 Å². The minimum Gasteiger partial charge on any atom is -0.340 e. The van der Waals surface area contributed by atoms with E-state index in [4.69, 9.17) is 0 Å². The topological polar surface area (TPSA) is 41.0 Å². The first-order valence-electron chi connectivity index (χ1n) is 6.99. The second kappa shape index (κ2) is 6.14. The van der Waals surface area contributed by atoms with Crippen molar-refractivity contribution < 1.29 is 0 Å². The van der Waals surface area contributed by atoms with E-state index in [0.29, 0.717) is 6.04 Å². The second-order valence-electron chi connectivity index (χ2n) is 5.14. The Morgan fingerprint density at radius 1 is 1.28 bits per heavy atom. The van der Waals surface area contributed by atoms with Crippen LogP contribution in [-0.2, 0) is 0 Å². The molecule has 4 heteroatoms. The Morgan fingerprint density at radius 2 is 2.00 bits per heavy atom. The summed E-state index contributed by atoms with van der Waals surface area (Å²) in [7, 11) is 0. The fourth-order valence-electron chi connectivity index (χ4n) is 2.55. The fraction of sp³-hybridized carbons (Fsp3) is 0.714. The van der Waals surface area contributed by atoms with Gasteiger partial charge in [0.2, 0.25) is 5.95 Å². The summed E-state index contributed by atoms with van der Waals surface area (Å²) < 4.78 is 0. The van der Waals surface area contributed by atoms with Gasteiger partial charge in [0.1, 0.15) is 0 Å². The second-order valence-corrected chi connectivity index (χ2v) is 5.14. The molecule has 100 valence electrons. The summed E-state index contributed by atoms with van der Waals surface area (Å²) in [6, 6.07) is 2.61. The molecule has 1 N–H and O–H groups in total. The molecule has 1 unspecified atom stereocenters. The van der Waals surface area contributed by atoms with E-state index in [2.05, 4.69) is 27.1 Å². The van der Waals surface area contributed by atoms with Gasteiger partial charge in [-0.05, 0) is 46.2 Å². The maximum absolute atomic E-state index is 4.56. The van der Waals surface area contributed by atoms with E-state index in [9.17, 15) is 0 Å². The molecule has 1 aromatic heterocycles. The molecule has 0 aromatic carbocycles. The molecule has 0 aliphatic carbocycles. The predicted molar refractivity (Wildman–Crippen MR) is 75.0 cm³/mol. The zero-order chi connectivity index (χ0) is 13.0. The molecule has 1 aliphatic rings. The molecule has 0 radical (unpaired) electrons. The molecule has 4 nitrogen and oxygen atoms in total. The minimum absolute atomic E-state index is 0.586. The van der Waals surface area contributed by atoms with Crippen LogP contribution in [0.4, 0.5) is 5.95 Å². The van der Waals surface area contributed by atoms with Gasteiger partial charge in [0, 0.05) is 30.5 Å². The normalized spacial score (nSPS) is 19.8. The Bertz CT molecular complexity index is 365. The summed E-state index contributed by atoms with van der Waals surface area (Å²) >= 11 is 0. The van der Waals surface area contributed by atoms with E-state index in [0.717, 1.165) is 37.0 Å². The van der Waals surface area contributed by atoms with E-state index in [1.54, 1.807) is 0 Å². The first kappa shape index (κ1) is 13.3. The minimum atomic E-state index is 0.586. The van der Waals surface area contributed by atoms with Gasteiger partial charge in [-0.15, -0.1) is 0 Å². The molecule has 1 saturated heterocycles. The molecule has 2 rings (SSSR count). The van der Waals surface area contributed by atoms with Gasteiger partial charge in [-0.25, -0.2) is 9.97 Å². The average molecular weight is 248 g/mol. The highest BCUT2D eigenvalue weighted by Crippen LogP contribution is 2.14. The van der Waals surface area contributed by atoms with Gasteiger partial charge in [-0.1, -0.05) is 6.42 Å². The van der Waals surface area contributed by atoms with Crippen LogP contribution in [0.3, 0.4) is 0 Å². The van der Waals surface area contributed by atoms with Crippen LogP contribution in [-0.4, -0.2) is 35.6 Å². The third-order valence-electron chi connectivity index (χ3n) is 3.49. The number of nitrogens with zero attached hydrogens (tertiary/aromatic N) is 3. The van der Waals surface area contributed by atoms with Crippen LogP contribution in [0.1, 0.15) is 37.6 Å². The summed E-state index contributed by atoms with van der Waals surface area (Å²) in [5.41, 5.74) is 2.10. The van der Waals surface area contributed by atoms with Gasteiger partial charge in [-0.3, -0.25) is 0 Å². The zero-order valence-electron chi connectivity index (χ0n) is 11.7. The summed E-state index contributed by atoms with van der Waals surface area (Å²) in [5, 5.41) is 3.59. The van der Waals surface area contributed by atoms with Crippen molar-refractivity contribution in [1.29, 1.82) is 0 Å². The Morgan fingerprint density at radius 3 is 2.56 bits per heavy atom. The van der Waals surface area contributed by atoms with Crippen molar-refractivity contribution in [3.8, 4) is 0 Å². The zero-order valence-corrected chi connectivity index (χ0v) is 11.7. The lowest BCUT2D eigenvalue weighted by Gasteiger charge is -2.30. The molecular weight excluding hydrogens is 224 g/mol. The summed E-state index contributed by atoms with van der Waals surface area (Å²) in [5.74, 6) is 0.877. The van der Waals surface area contributed by atoms with Crippen LogP contribution in [0.15, 0.2) is 6.07 Å². The molecule has 1 fully saturated rings. The lowest BCUT2D eigenvalue weighted by Crippen LogP contribution is -2.44. The molecule has 1 aliphatic heterocycles. The van der Waals surface area contributed by atoms with E-state index in [1.165, 1.54) is 19.3 Å². The number of hydrogen-bond acceptors (Lipinski definition) is 4. The van der Waals surface area contributed by atoms with Gasteiger partial charge >= 0.3 is 0 Å². The molecule has 18 heavy (non-hydrogen) atoms. The van der Waals surface area contributed by atoms with Gasteiger partial charge in [0.25, 0.3) is 0 Å². The number of rotatable bonds is 4. The van der Waals surface area contributed by atoms with E-state index >= 15 is 0 Å². The van der Waals surface area contributed by atoms with Crippen LogP contribution in [0, 0.1) is 13.8 Å². The number of nitrogens with one attached hydrogen (secondary N) is 1. The number of likely N-dealkylation sites (N-methyl/N-ethyl adjacent to an activating group) is 1. The first-order chi connectivity index (χ1) is 8.69. The fourth-order valence-corrected chi connectivity index (χ4v) is 2.55. The molecule has 1 aromatic rings. The summed E-state index contributed by atoms with van der Waals surface area (Å²) in [6.07, 6.45) is 3.91. The molecule has 0 spiro atoms. The largest absolute Gasteiger partial charge is 0.340 e. The molecule has 1 atom stereocenters. The van der Waals surface area contributed by atoms with Crippen LogP contribution in [0.5, 0.6) is 0 Å². The number of piperidine rings is 1. The maximum Gasteiger partial charge on any atom is 0.225 e. The van der Waals surface area contributed by atoms with Gasteiger partial charge in [0.05, 0.1) is 0 Å². The highest BCUT2D eigenvalue weighted by molar-refractivity contribution is 5.32. The van der Waals surface area contributed by atoms with Crippen molar-refractivity contribution in [2.75, 3.05) is 24.5 Å². The van der Waals surface area contributed by atoms with E-state index in [1.807, 2.05) is 19.9 Å². The van der Waals surface area contributed by atoms with Crippen molar-refractivity contribution in [3.05, 3.63) is 17.5 Å². The van der Waals surface area contributed by atoms with Crippen molar-refractivity contribution in [1.82, 2.24) is 15.3 Å². The summed E-state index contributed by atoms with van der Waals surface area (Å²) in [4.78, 5) is 11.4. The number of aromatic nitrogens is 2. The molecule has 2 heterocycles. The number of hydrogen-bond donors (Lipinski definition) is 1. The van der Waals surface area contributed by atoms with Crippen LogP contribution >= 0.6 is 0 Å². The van der Waals surface area contributed by atoms with Crippen LogP contribution < -0.4 is 10.2 Å². The lowest BCUT2D eigenvalue weighted by atomic mass is 10.0. The van der Waals surface area contributed by atoms with Gasteiger partial charge < -0.3 is 10.2 Å². The lowest BCUT2D eigenvalue weighted by molar-refractivity contribution is 0.399. The maximum atomic E-state index is 4.56. The quantitative estimate of drug-likeness (QED) is 0.885. The Hall–Kier alpha value is -1.16. The predicted octanol–water partition coefficient (Wildman–Crippen LogP) is 2.06. The molecule has 0 bridgehead atoms. The van der Waals surface area contributed by atoms with Crippen molar-refractivity contribution in [2.24, 2.45) is 0 Å².